The Kier molecular flexibility index (Phi) is 3.34. The largest absolute Gasteiger partial charge is 0.367 e. The Balaban J connectivity index is 1.69. The topological polar surface area (TPSA) is 60.2 Å². The van der Waals surface area contributed by atoms with Crippen molar-refractivity contribution in [1.82, 2.24) is 15.5 Å². The van der Waals surface area contributed by atoms with Crippen LogP contribution in [-0.4, -0.2) is 29.8 Å². The molecule has 1 aliphatic heterocycles. The number of rotatable bonds is 3. The van der Waals surface area contributed by atoms with Gasteiger partial charge < -0.3 is 14.6 Å². The number of hydrogen-bond donors (Lipinski definition) is 1. The Labute approximate surface area is 105 Å². The highest BCUT2D eigenvalue weighted by Gasteiger charge is 2.21. The van der Waals surface area contributed by atoms with Crippen LogP contribution in [0.15, 0.2) is 34.9 Å². The Morgan fingerprint density at radius 2 is 2.17 bits per heavy atom. The molecular formula is C13H15N3O2. The van der Waals surface area contributed by atoms with Crippen LogP contribution in [0.2, 0.25) is 0 Å². The second-order valence-corrected chi connectivity index (χ2v) is 4.27. The minimum Gasteiger partial charge on any atom is -0.367 e. The Bertz CT molecular complexity index is 492. The van der Waals surface area contributed by atoms with Crippen molar-refractivity contribution in [3.05, 3.63) is 47.6 Å². The van der Waals surface area contributed by atoms with Gasteiger partial charge >= 0.3 is 0 Å². The van der Waals surface area contributed by atoms with Gasteiger partial charge in [-0.3, -0.25) is 0 Å². The first-order chi connectivity index (χ1) is 8.92. The Hall–Kier alpha value is -1.72. The van der Waals surface area contributed by atoms with Crippen molar-refractivity contribution < 1.29 is 9.26 Å². The van der Waals surface area contributed by atoms with E-state index in [0.29, 0.717) is 24.7 Å². The minimum atomic E-state index is -0.0907. The smallest absolute Gasteiger partial charge is 0.231 e. The summed E-state index contributed by atoms with van der Waals surface area (Å²) in [6.07, 6.45) is 0.570. The molecule has 0 radical (unpaired) electrons. The summed E-state index contributed by atoms with van der Waals surface area (Å²) in [6, 6.07) is 10.1. The average Bonchev–Trinajstić information content (AvgIpc) is 2.89. The quantitative estimate of drug-likeness (QED) is 0.883. The van der Waals surface area contributed by atoms with Gasteiger partial charge in [-0.2, -0.15) is 4.98 Å². The zero-order chi connectivity index (χ0) is 12.2. The minimum absolute atomic E-state index is 0.0907. The van der Waals surface area contributed by atoms with E-state index in [0.717, 1.165) is 18.7 Å². The number of nitrogens with zero attached hydrogens (tertiary/aromatic N) is 2. The van der Waals surface area contributed by atoms with E-state index in [2.05, 4.69) is 15.5 Å². The molecule has 2 aromatic rings. The average molecular weight is 245 g/mol. The SMILES string of the molecule is c1ccc(Cc2nc(C3CNCCO3)no2)cc1. The van der Waals surface area contributed by atoms with Crippen LogP contribution in [0.4, 0.5) is 0 Å². The number of hydrogen-bond acceptors (Lipinski definition) is 5. The third kappa shape index (κ3) is 2.57. The molecule has 1 fully saturated rings. The molecule has 1 aromatic carbocycles. The standard InChI is InChI=1S/C13H15N3O2/c1-2-4-10(5-3-1)8-12-15-13(16-18-12)11-9-14-6-7-17-11/h1-5,11,14H,6-9H2. The first-order valence-corrected chi connectivity index (χ1v) is 6.10. The number of morpholine rings is 1. The summed E-state index contributed by atoms with van der Waals surface area (Å²) in [6.45, 7) is 2.31. The summed E-state index contributed by atoms with van der Waals surface area (Å²) in [4.78, 5) is 4.39. The van der Waals surface area contributed by atoms with E-state index >= 15 is 0 Å². The van der Waals surface area contributed by atoms with Crippen molar-refractivity contribution in [3.63, 3.8) is 0 Å². The maximum atomic E-state index is 5.58. The van der Waals surface area contributed by atoms with Crippen LogP contribution in [0.25, 0.3) is 0 Å². The van der Waals surface area contributed by atoms with Crippen molar-refractivity contribution in [1.29, 1.82) is 0 Å². The Morgan fingerprint density at radius 1 is 1.28 bits per heavy atom. The molecule has 5 nitrogen and oxygen atoms in total. The van der Waals surface area contributed by atoms with E-state index in [4.69, 9.17) is 9.26 Å². The highest BCUT2D eigenvalue weighted by atomic mass is 16.5. The fraction of sp³-hybridized carbons (Fsp3) is 0.385. The zero-order valence-electron chi connectivity index (χ0n) is 10.0. The third-order valence-electron chi connectivity index (χ3n) is 2.90. The molecule has 1 aromatic heterocycles. The monoisotopic (exact) mass is 245 g/mol. The molecule has 1 aliphatic rings. The van der Waals surface area contributed by atoms with Gasteiger partial charge in [-0.25, -0.2) is 0 Å². The normalized spacial score (nSPS) is 19.9. The number of benzene rings is 1. The molecule has 1 unspecified atom stereocenters. The fourth-order valence-corrected chi connectivity index (χ4v) is 1.97. The van der Waals surface area contributed by atoms with Crippen LogP contribution in [0.5, 0.6) is 0 Å². The molecule has 94 valence electrons. The second-order valence-electron chi connectivity index (χ2n) is 4.27. The van der Waals surface area contributed by atoms with Crippen LogP contribution in [0.3, 0.4) is 0 Å². The van der Waals surface area contributed by atoms with Crippen LogP contribution < -0.4 is 5.32 Å². The summed E-state index contributed by atoms with van der Waals surface area (Å²) in [5, 5.41) is 7.23. The molecule has 1 atom stereocenters. The van der Waals surface area contributed by atoms with Gasteiger partial charge in [-0.15, -0.1) is 0 Å². The fourth-order valence-electron chi connectivity index (χ4n) is 1.97. The van der Waals surface area contributed by atoms with Crippen molar-refractivity contribution >= 4 is 0 Å². The van der Waals surface area contributed by atoms with E-state index in [1.807, 2.05) is 30.3 Å². The molecule has 1 N–H and O–H groups in total. The molecule has 18 heavy (non-hydrogen) atoms. The van der Waals surface area contributed by atoms with Crippen LogP contribution in [0, 0.1) is 0 Å². The van der Waals surface area contributed by atoms with E-state index in [9.17, 15) is 0 Å². The molecule has 2 heterocycles. The molecule has 0 aliphatic carbocycles. The molecule has 0 bridgehead atoms. The van der Waals surface area contributed by atoms with Crippen molar-refractivity contribution in [2.45, 2.75) is 12.5 Å². The molecule has 0 spiro atoms. The van der Waals surface area contributed by atoms with Gasteiger partial charge in [0.15, 0.2) is 0 Å². The van der Waals surface area contributed by atoms with Crippen molar-refractivity contribution in [3.8, 4) is 0 Å². The highest BCUT2D eigenvalue weighted by molar-refractivity contribution is 5.18. The lowest BCUT2D eigenvalue weighted by Gasteiger charge is -2.20. The van der Waals surface area contributed by atoms with Gasteiger partial charge in [0.1, 0.15) is 6.10 Å². The van der Waals surface area contributed by atoms with E-state index in [1.54, 1.807) is 0 Å². The maximum Gasteiger partial charge on any atom is 0.231 e. The van der Waals surface area contributed by atoms with Gasteiger partial charge in [-0.05, 0) is 5.56 Å². The predicted molar refractivity (Wildman–Crippen MR) is 65.1 cm³/mol. The van der Waals surface area contributed by atoms with E-state index in [-0.39, 0.29) is 6.10 Å². The number of aromatic nitrogens is 2. The second kappa shape index (κ2) is 5.29. The lowest BCUT2D eigenvalue weighted by molar-refractivity contribution is 0.0208. The van der Waals surface area contributed by atoms with Gasteiger partial charge in [0, 0.05) is 13.1 Å². The van der Waals surface area contributed by atoms with Crippen LogP contribution >= 0.6 is 0 Å². The summed E-state index contributed by atoms with van der Waals surface area (Å²) in [5.41, 5.74) is 1.16. The Morgan fingerprint density at radius 3 is 2.94 bits per heavy atom. The van der Waals surface area contributed by atoms with Crippen molar-refractivity contribution in [2.24, 2.45) is 0 Å². The predicted octanol–water partition coefficient (Wildman–Crippen LogP) is 1.32. The summed E-state index contributed by atoms with van der Waals surface area (Å²) in [7, 11) is 0. The van der Waals surface area contributed by atoms with E-state index in [1.165, 1.54) is 0 Å². The first kappa shape index (κ1) is 11.4. The van der Waals surface area contributed by atoms with Crippen molar-refractivity contribution in [2.75, 3.05) is 19.7 Å². The van der Waals surface area contributed by atoms with Gasteiger partial charge in [0.2, 0.25) is 11.7 Å². The molecule has 0 saturated carbocycles. The maximum absolute atomic E-state index is 5.58. The van der Waals surface area contributed by atoms with Crippen LogP contribution in [0.1, 0.15) is 23.4 Å². The summed E-state index contributed by atoms with van der Waals surface area (Å²) in [5.74, 6) is 1.26. The van der Waals surface area contributed by atoms with Gasteiger partial charge in [0.25, 0.3) is 0 Å². The van der Waals surface area contributed by atoms with Gasteiger partial charge in [-0.1, -0.05) is 35.5 Å². The molecule has 1 saturated heterocycles. The summed E-state index contributed by atoms with van der Waals surface area (Å²) >= 11 is 0. The first-order valence-electron chi connectivity index (χ1n) is 6.10. The number of ether oxygens (including phenoxy) is 1. The summed E-state index contributed by atoms with van der Waals surface area (Å²) < 4.78 is 10.8. The molecule has 5 heteroatoms. The van der Waals surface area contributed by atoms with Gasteiger partial charge in [0.05, 0.1) is 13.0 Å². The zero-order valence-corrected chi connectivity index (χ0v) is 10.0. The molecule has 3 rings (SSSR count). The van der Waals surface area contributed by atoms with Crippen LogP contribution in [-0.2, 0) is 11.2 Å². The highest BCUT2D eigenvalue weighted by Crippen LogP contribution is 2.16. The molecular weight excluding hydrogens is 230 g/mol. The lowest BCUT2D eigenvalue weighted by atomic mass is 10.1. The molecule has 0 amide bonds. The number of nitrogens with one attached hydrogen (secondary N) is 1. The van der Waals surface area contributed by atoms with E-state index < -0.39 is 0 Å². The third-order valence-corrected chi connectivity index (χ3v) is 2.90. The lowest BCUT2D eigenvalue weighted by Crippen LogP contribution is -2.33.